The maximum Gasteiger partial charge on any atom is 0.0675 e. The Morgan fingerprint density at radius 2 is 2.17 bits per heavy atom. The predicted molar refractivity (Wildman–Crippen MR) is 51.9 cm³/mol. The SMILES string of the molecule is C\C=C/C=c1\c(=C/C)cnn1C. The molecule has 0 atom stereocenters. The van der Waals surface area contributed by atoms with Gasteiger partial charge < -0.3 is 0 Å². The summed E-state index contributed by atoms with van der Waals surface area (Å²) < 4.78 is 1.87. The van der Waals surface area contributed by atoms with E-state index in [4.69, 9.17) is 0 Å². The van der Waals surface area contributed by atoms with Crippen molar-refractivity contribution in [2.24, 2.45) is 7.05 Å². The Kier molecular flexibility index (Phi) is 2.86. The molecule has 0 amide bonds. The van der Waals surface area contributed by atoms with Crippen LogP contribution in [0.3, 0.4) is 0 Å². The number of rotatable bonds is 1. The lowest BCUT2D eigenvalue weighted by Crippen LogP contribution is -2.26. The highest BCUT2D eigenvalue weighted by atomic mass is 15.2. The van der Waals surface area contributed by atoms with Gasteiger partial charge in [-0.05, 0) is 19.9 Å². The molecule has 2 heteroatoms. The molecule has 0 radical (unpaired) electrons. The van der Waals surface area contributed by atoms with Crippen LogP contribution in [0.25, 0.3) is 12.2 Å². The Morgan fingerprint density at radius 3 is 2.75 bits per heavy atom. The first-order valence-electron chi connectivity index (χ1n) is 4.07. The lowest BCUT2D eigenvalue weighted by atomic mass is 10.3. The average Bonchev–Trinajstić information content (AvgIpc) is 2.43. The summed E-state index contributed by atoms with van der Waals surface area (Å²) >= 11 is 0. The minimum Gasteiger partial charge on any atom is -0.268 e. The third-order valence-corrected chi connectivity index (χ3v) is 1.77. The van der Waals surface area contributed by atoms with Crippen LogP contribution in [0.2, 0.25) is 0 Å². The van der Waals surface area contributed by atoms with Crippen LogP contribution < -0.4 is 10.6 Å². The van der Waals surface area contributed by atoms with E-state index in [1.807, 2.05) is 43.9 Å². The second-order valence-electron chi connectivity index (χ2n) is 2.59. The summed E-state index contributed by atoms with van der Waals surface area (Å²) in [5, 5.41) is 6.49. The minimum absolute atomic E-state index is 1.15. The predicted octanol–water partition coefficient (Wildman–Crippen LogP) is 0.577. The summed E-state index contributed by atoms with van der Waals surface area (Å²) in [6, 6.07) is 0. The van der Waals surface area contributed by atoms with Crippen LogP contribution in [0.15, 0.2) is 18.3 Å². The second-order valence-corrected chi connectivity index (χ2v) is 2.59. The molecule has 1 aromatic heterocycles. The molecule has 0 bridgehead atoms. The zero-order chi connectivity index (χ0) is 8.97. The normalized spacial score (nSPS) is 14.9. The number of hydrogen-bond donors (Lipinski definition) is 0. The van der Waals surface area contributed by atoms with Gasteiger partial charge in [0.1, 0.15) is 0 Å². The smallest absolute Gasteiger partial charge is 0.0675 e. The average molecular weight is 162 g/mol. The fourth-order valence-electron chi connectivity index (χ4n) is 1.08. The van der Waals surface area contributed by atoms with Crippen molar-refractivity contribution in [1.29, 1.82) is 0 Å². The molecule has 0 aliphatic carbocycles. The monoisotopic (exact) mass is 162 g/mol. The molecule has 0 saturated heterocycles. The summed E-state index contributed by atoms with van der Waals surface area (Å²) in [5.41, 5.74) is 0. The van der Waals surface area contributed by atoms with Crippen LogP contribution in [0.1, 0.15) is 13.8 Å². The Hall–Kier alpha value is -1.31. The molecule has 2 nitrogen and oxygen atoms in total. The van der Waals surface area contributed by atoms with Crippen molar-refractivity contribution in [2.45, 2.75) is 13.8 Å². The summed E-state index contributed by atoms with van der Waals surface area (Å²) in [6.45, 7) is 4.02. The molecule has 1 heterocycles. The molecule has 0 unspecified atom stereocenters. The number of aryl methyl sites for hydroxylation is 1. The Bertz CT molecular complexity index is 382. The summed E-state index contributed by atoms with van der Waals surface area (Å²) in [4.78, 5) is 0. The first kappa shape index (κ1) is 8.78. The third kappa shape index (κ3) is 1.64. The van der Waals surface area contributed by atoms with E-state index in [9.17, 15) is 0 Å². The van der Waals surface area contributed by atoms with Crippen LogP contribution >= 0.6 is 0 Å². The molecule has 1 rings (SSSR count). The fraction of sp³-hybridized carbons (Fsp3) is 0.300. The van der Waals surface area contributed by atoms with Gasteiger partial charge in [0.15, 0.2) is 0 Å². The Balaban J connectivity index is 3.39. The second kappa shape index (κ2) is 3.90. The largest absolute Gasteiger partial charge is 0.268 e. The van der Waals surface area contributed by atoms with Crippen LogP contribution in [0.5, 0.6) is 0 Å². The van der Waals surface area contributed by atoms with Gasteiger partial charge in [-0.2, -0.15) is 5.10 Å². The van der Waals surface area contributed by atoms with Crippen molar-refractivity contribution in [3.8, 4) is 0 Å². The van der Waals surface area contributed by atoms with E-state index in [1.165, 1.54) is 5.22 Å². The van der Waals surface area contributed by atoms with Crippen molar-refractivity contribution >= 4 is 12.2 Å². The van der Waals surface area contributed by atoms with Gasteiger partial charge in [-0.25, -0.2) is 0 Å². The van der Waals surface area contributed by atoms with E-state index < -0.39 is 0 Å². The minimum atomic E-state index is 1.15. The Labute approximate surface area is 72.5 Å². The molecule has 0 aliphatic rings. The van der Waals surface area contributed by atoms with E-state index in [0.29, 0.717) is 0 Å². The molecular formula is C10H14N2. The lowest BCUT2D eigenvalue weighted by molar-refractivity contribution is 0.743. The van der Waals surface area contributed by atoms with E-state index in [-0.39, 0.29) is 0 Å². The van der Waals surface area contributed by atoms with Gasteiger partial charge in [0.25, 0.3) is 0 Å². The maximum absolute atomic E-state index is 4.16. The van der Waals surface area contributed by atoms with Crippen molar-refractivity contribution in [2.75, 3.05) is 0 Å². The standard InChI is InChI=1S/C10H14N2/c1-4-6-7-10-9(5-2)8-11-12(10)3/h4-8H,1-3H3/b6-4-,9-5-,10-7+. The molecule has 12 heavy (non-hydrogen) atoms. The summed E-state index contributed by atoms with van der Waals surface area (Å²) in [6.07, 6.45) is 10.0. The van der Waals surface area contributed by atoms with Gasteiger partial charge in [-0.15, -0.1) is 0 Å². The molecular weight excluding hydrogens is 148 g/mol. The number of aromatic nitrogens is 2. The zero-order valence-electron chi connectivity index (χ0n) is 7.78. The first-order chi connectivity index (χ1) is 5.79. The topological polar surface area (TPSA) is 17.8 Å². The first-order valence-corrected chi connectivity index (χ1v) is 4.07. The molecule has 0 aromatic carbocycles. The molecule has 0 saturated carbocycles. The van der Waals surface area contributed by atoms with E-state index >= 15 is 0 Å². The number of nitrogens with zero attached hydrogens (tertiary/aromatic N) is 2. The van der Waals surface area contributed by atoms with Crippen LogP contribution in [-0.2, 0) is 7.05 Å². The number of hydrogen-bond acceptors (Lipinski definition) is 1. The molecule has 0 spiro atoms. The highest BCUT2D eigenvalue weighted by Gasteiger charge is 1.88. The zero-order valence-corrected chi connectivity index (χ0v) is 7.78. The van der Waals surface area contributed by atoms with Crippen molar-refractivity contribution in [3.05, 3.63) is 28.9 Å². The van der Waals surface area contributed by atoms with Gasteiger partial charge in [0, 0.05) is 12.3 Å². The van der Waals surface area contributed by atoms with Gasteiger partial charge >= 0.3 is 0 Å². The summed E-state index contributed by atoms with van der Waals surface area (Å²) in [7, 11) is 1.95. The maximum atomic E-state index is 4.16. The molecule has 0 N–H and O–H groups in total. The van der Waals surface area contributed by atoms with E-state index in [0.717, 1.165) is 5.35 Å². The molecule has 1 aromatic rings. The molecule has 64 valence electrons. The van der Waals surface area contributed by atoms with Gasteiger partial charge in [0.2, 0.25) is 0 Å². The van der Waals surface area contributed by atoms with Gasteiger partial charge in [-0.1, -0.05) is 18.2 Å². The van der Waals surface area contributed by atoms with E-state index in [2.05, 4.69) is 17.3 Å². The highest BCUT2D eigenvalue weighted by Crippen LogP contribution is 1.71. The summed E-state index contributed by atoms with van der Waals surface area (Å²) in [5.74, 6) is 0. The van der Waals surface area contributed by atoms with E-state index in [1.54, 1.807) is 0 Å². The lowest BCUT2D eigenvalue weighted by Gasteiger charge is -1.85. The highest BCUT2D eigenvalue weighted by molar-refractivity contribution is 5.36. The molecule has 0 aliphatic heterocycles. The quantitative estimate of drug-likeness (QED) is 0.590. The van der Waals surface area contributed by atoms with Crippen LogP contribution in [0, 0.1) is 0 Å². The van der Waals surface area contributed by atoms with Crippen LogP contribution in [0.4, 0.5) is 0 Å². The van der Waals surface area contributed by atoms with Crippen LogP contribution in [-0.4, -0.2) is 9.78 Å². The Morgan fingerprint density at radius 1 is 1.42 bits per heavy atom. The number of allylic oxidation sites excluding steroid dienone is 2. The van der Waals surface area contributed by atoms with Gasteiger partial charge in [-0.3, -0.25) is 4.68 Å². The van der Waals surface area contributed by atoms with Gasteiger partial charge in [0.05, 0.1) is 11.5 Å². The fourth-order valence-corrected chi connectivity index (χ4v) is 1.08. The van der Waals surface area contributed by atoms with Crippen molar-refractivity contribution in [3.63, 3.8) is 0 Å². The third-order valence-electron chi connectivity index (χ3n) is 1.77. The van der Waals surface area contributed by atoms with Crippen molar-refractivity contribution in [1.82, 2.24) is 9.78 Å². The van der Waals surface area contributed by atoms with Crippen molar-refractivity contribution < 1.29 is 0 Å². The molecule has 0 fully saturated rings.